The Bertz CT molecular complexity index is 369. The van der Waals surface area contributed by atoms with Crippen molar-refractivity contribution in [3.05, 3.63) is 17.0 Å². The standard InChI is InChI=1S/C10H15N3OS/c1-5-6(2)12-10(13-7(5)3)15-8(4)9(11)14/h8H,1-4H3,(H2,11,14). The van der Waals surface area contributed by atoms with E-state index in [0.717, 1.165) is 17.0 Å². The molecule has 1 atom stereocenters. The molecule has 1 unspecified atom stereocenters. The topological polar surface area (TPSA) is 68.9 Å². The summed E-state index contributed by atoms with van der Waals surface area (Å²) in [5.74, 6) is -0.348. The van der Waals surface area contributed by atoms with Gasteiger partial charge < -0.3 is 5.73 Å². The second kappa shape index (κ2) is 4.61. The van der Waals surface area contributed by atoms with Gasteiger partial charge in [-0.2, -0.15) is 0 Å². The summed E-state index contributed by atoms with van der Waals surface area (Å²) in [5, 5.41) is 0.313. The van der Waals surface area contributed by atoms with Gasteiger partial charge in [0.15, 0.2) is 5.16 Å². The first-order chi connectivity index (χ1) is 6.91. The van der Waals surface area contributed by atoms with Gasteiger partial charge in [0, 0.05) is 11.4 Å². The molecule has 2 N–H and O–H groups in total. The molecule has 0 aromatic carbocycles. The minimum absolute atomic E-state index is 0.300. The van der Waals surface area contributed by atoms with E-state index in [0.29, 0.717) is 5.16 Å². The molecule has 1 aromatic rings. The van der Waals surface area contributed by atoms with Gasteiger partial charge in [0.25, 0.3) is 0 Å². The molecule has 0 aliphatic carbocycles. The number of aryl methyl sites for hydroxylation is 2. The van der Waals surface area contributed by atoms with Gasteiger partial charge in [-0.3, -0.25) is 4.79 Å². The Balaban J connectivity index is 2.92. The van der Waals surface area contributed by atoms with Crippen LogP contribution in [-0.2, 0) is 4.79 Å². The maximum absolute atomic E-state index is 10.9. The maximum Gasteiger partial charge on any atom is 0.230 e. The van der Waals surface area contributed by atoms with Crippen molar-refractivity contribution in [3.63, 3.8) is 0 Å². The summed E-state index contributed by atoms with van der Waals surface area (Å²) in [4.78, 5) is 19.5. The van der Waals surface area contributed by atoms with Crippen LogP contribution in [0.5, 0.6) is 0 Å². The second-order valence-corrected chi connectivity index (χ2v) is 4.77. The molecule has 4 nitrogen and oxygen atoms in total. The van der Waals surface area contributed by atoms with E-state index in [1.54, 1.807) is 6.92 Å². The zero-order chi connectivity index (χ0) is 11.6. The summed E-state index contributed by atoms with van der Waals surface area (Å²) < 4.78 is 0. The Morgan fingerprint density at radius 3 is 2.13 bits per heavy atom. The first-order valence-corrected chi connectivity index (χ1v) is 5.57. The van der Waals surface area contributed by atoms with E-state index in [9.17, 15) is 4.79 Å². The molecule has 1 rings (SSSR count). The third-order valence-corrected chi connectivity index (χ3v) is 3.27. The van der Waals surface area contributed by atoms with Crippen molar-refractivity contribution in [2.75, 3.05) is 0 Å². The van der Waals surface area contributed by atoms with Gasteiger partial charge in [0.1, 0.15) is 0 Å². The lowest BCUT2D eigenvalue weighted by atomic mass is 10.2. The molecule has 0 saturated heterocycles. The van der Waals surface area contributed by atoms with Crippen molar-refractivity contribution in [2.45, 2.75) is 38.1 Å². The monoisotopic (exact) mass is 225 g/mol. The van der Waals surface area contributed by atoms with Crippen LogP contribution in [0.25, 0.3) is 0 Å². The van der Waals surface area contributed by atoms with Crippen LogP contribution >= 0.6 is 11.8 Å². The molecule has 0 fully saturated rings. The van der Waals surface area contributed by atoms with E-state index in [2.05, 4.69) is 9.97 Å². The molecule has 0 spiro atoms. The number of hydrogen-bond donors (Lipinski definition) is 1. The number of thioether (sulfide) groups is 1. The predicted molar refractivity (Wildman–Crippen MR) is 60.8 cm³/mol. The highest BCUT2D eigenvalue weighted by molar-refractivity contribution is 8.00. The SMILES string of the molecule is Cc1nc(SC(C)C(N)=O)nc(C)c1C. The highest BCUT2D eigenvalue weighted by Crippen LogP contribution is 2.21. The Labute approximate surface area is 93.7 Å². The lowest BCUT2D eigenvalue weighted by Gasteiger charge is -2.09. The van der Waals surface area contributed by atoms with Crippen molar-refractivity contribution >= 4 is 17.7 Å². The van der Waals surface area contributed by atoms with Gasteiger partial charge in [0.2, 0.25) is 5.91 Å². The lowest BCUT2D eigenvalue weighted by Crippen LogP contribution is -2.22. The van der Waals surface area contributed by atoms with Gasteiger partial charge in [0.05, 0.1) is 5.25 Å². The van der Waals surface area contributed by atoms with Crippen LogP contribution in [0, 0.1) is 20.8 Å². The molecule has 1 aromatic heterocycles. The minimum atomic E-state index is -0.348. The van der Waals surface area contributed by atoms with Crippen LogP contribution in [0.4, 0.5) is 0 Å². The third-order valence-electron chi connectivity index (χ3n) is 2.29. The summed E-state index contributed by atoms with van der Waals surface area (Å²) >= 11 is 1.29. The number of nitrogens with two attached hydrogens (primary N) is 1. The summed E-state index contributed by atoms with van der Waals surface area (Å²) in [6.45, 7) is 7.60. The van der Waals surface area contributed by atoms with E-state index in [-0.39, 0.29) is 11.2 Å². The summed E-state index contributed by atoms with van der Waals surface area (Å²) in [7, 11) is 0. The first-order valence-electron chi connectivity index (χ1n) is 4.69. The highest BCUT2D eigenvalue weighted by atomic mass is 32.2. The van der Waals surface area contributed by atoms with Crippen LogP contribution in [0.3, 0.4) is 0 Å². The van der Waals surface area contributed by atoms with E-state index in [1.807, 2.05) is 20.8 Å². The summed E-state index contributed by atoms with van der Waals surface area (Å²) in [5.41, 5.74) is 8.16. The smallest absolute Gasteiger partial charge is 0.230 e. The van der Waals surface area contributed by atoms with Gasteiger partial charge in [-0.15, -0.1) is 0 Å². The molecule has 0 aliphatic heterocycles. The molecule has 1 heterocycles. The molecule has 5 heteroatoms. The molecule has 0 aliphatic rings. The van der Waals surface area contributed by atoms with Crippen molar-refractivity contribution < 1.29 is 4.79 Å². The lowest BCUT2D eigenvalue weighted by molar-refractivity contribution is -0.117. The molecule has 82 valence electrons. The largest absolute Gasteiger partial charge is 0.369 e. The van der Waals surface area contributed by atoms with E-state index in [1.165, 1.54) is 11.8 Å². The molecular weight excluding hydrogens is 210 g/mol. The molecule has 1 amide bonds. The zero-order valence-electron chi connectivity index (χ0n) is 9.37. The normalized spacial score (nSPS) is 12.5. The molecule has 0 radical (unpaired) electrons. The third kappa shape index (κ3) is 2.92. The second-order valence-electron chi connectivity index (χ2n) is 3.46. The summed E-state index contributed by atoms with van der Waals surface area (Å²) in [6.07, 6.45) is 0. The molecular formula is C10H15N3OS. The Hall–Kier alpha value is -1.10. The van der Waals surface area contributed by atoms with Crippen molar-refractivity contribution in [1.82, 2.24) is 9.97 Å². The van der Waals surface area contributed by atoms with Gasteiger partial charge in [-0.1, -0.05) is 11.8 Å². The van der Waals surface area contributed by atoms with E-state index < -0.39 is 0 Å². The van der Waals surface area contributed by atoms with Crippen molar-refractivity contribution in [2.24, 2.45) is 5.73 Å². The number of carbonyl (C=O) groups is 1. The van der Waals surface area contributed by atoms with Crippen LogP contribution in [-0.4, -0.2) is 21.1 Å². The number of primary amides is 1. The Kier molecular flexibility index (Phi) is 3.68. The van der Waals surface area contributed by atoms with Crippen LogP contribution in [0.1, 0.15) is 23.9 Å². The Morgan fingerprint density at radius 1 is 1.27 bits per heavy atom. The fraction of sp³-hybridized carbons (Fsp3) is 0.500. The Morgan fingerprint density at radius 2 is 1.73 bits per heavy atom. The fourth-order valence-corrected chi connectivity index (χ4v) is 1.82. The minimum Gasteiger partial charge on any atom is -0.369 e. The first kappa shape index (κ1) is 12.0. The fourth-order valence-electron chi connectivity index (χ4n) is 1.01. The number of aromatic nitrogens is 2. The predicted octanol–water partition coefficient (Wildman–Crippen LogP) is 1.37. The maximum atomic E-state index is 10.9. The number of hydrogen-bond acceptors (Lipinski definition) is 4. The highest BCUT2D eigenvalue weighted by Gasteiger charge is 2.13. The number of rotatable bonds is 3. The number of nitrogens with zero attached hydrogens (tertiary/aromatic N) is 2. The average molecular weight is 225 g/mol. The number of amides is 1. The van der Waals surface area contributed by atoms with Gasteiger partial charge in [-0.25, -0.2) is 9.97 Å². The average Bonchev–Trinajstić information content (AvgIpc) is 2.13. The van der Waals surface area contributed by atoms with Crippen molar-refractivity contribution in [1.29, 1.82) is 0 Å². The van der Waals surface area contributed by atoms with Gasteiger partial charge >= 0.3 is 0 Å². The number of carbonyl (C=O) groups excluding carboxylic acids is 1. The van der Waals surface area contributed by atoms with E-state index >= 15 is 0 Å². The molecule has 15 heavy (non-hydrogen) atoms. The quantitative estimate of drug-likeness (QED) is 0.623. The zero-order valence-corrected chi connectivity index (χ0v) is 10.2. The summed E-state index contributed by atoms with van der Waals surface area (Å²) in [6, 6.07) is 0. The van der Waals surface area contributed by atoms with Crippen LogP contribution in [0.15, 0.2) is 5.16 Å². The van der Waals surface area contributed by atoms with Crippen LogP contribution in [0.2, 0.25) is 0 Å². The van der Waals surface area contributed by atoms with E-state index in [4.69, 9.17) is 5.73 Å². The molecule has 0 saturated carbocycles. The van der Waals surface area contributed by atoms with Gasteiger partial charge in [-0.05, 0) is 33.3 Å². The van der Waals surface area contributed by atoms with Crippen molar-refractivity contribution in [3.8, 4) is 0 Å². The molecule has 0 bridgehead atoms. The van der Waals surface area contributed by atoms with Crippen LogP contribution < -0.4 is 5.73 Å².